The van der Waals surface area contributed by atoms with Crippen LogP contribution in [0, 0.1) is 11.8 Å². The standard InChI is InChI=1S/C18H24ClN3O3/c1-11(2)8-20-17(23)15-7-14-9-22(10-16(15)25-14)18(24)21-13-5-3-12(19)4-6-13/h3-6,11,14-16H,7-10H2,1-2H3,(H,20,23)(H,21,24)/t14-,15+,16-/m1/s1. The fraction of sp³-hybridized carbons (Fsp3) is 0.556. The van der Waals surface area contributed by atoms with Crippen molar-refractivity contribution in [2.24, 2.45) is 11.8 Å². The molecule has 25 heavy (non-hydrogen) atoms. The molecule has 1 aromatic carbocycles. The van der Waals surface area contributed by atoms with E-state index in [9.17, 15) is 9.59 Å². The van der Waals surface area contributed by atoms with Crippen LogP contribution in [0.2, 0.25) is 5.02 Å². The first-order chi connectivity index (χ1) is 11.9. The van der Waals surface area contributed by atoms with Crippen molar-refractivity contribution >= 4 is 29.2 Å². The summed E-state index contributed by atoms with van der Waals surface area (Å²) in [5.74, 6) is 0.255. The lowest BCUT2D eigenvalue weighted by molar-refractivity contribution is -0.127. The number of urea groups is 1. The molecule has 0 saturated carbocycles. The molecule has 3 atom stereocenters. The molecule has 136 valence electrons. The second-order valence-electron chi connectivity index (χ2n) is 7.12. The van der Waals surface area contributed by atoms with Crippen molar-refractivity contribution in [1.82, 2.24) is 10.2 Å². The summed E-state index contributed by atoms with van der Waals surface area (Å²) in [5.41, 5.74) is 0.694. The summed E-state index contributed by atoms with van der Waals surface area (Å²) in [6.07, 6.45) is 0.352. The number of benzene rings is 1. The van der Waals surface area contributed by atoms with Gasteiger partial charge in [-0.05, 0) is 36.6 Å². The molecule has 0 spiro atoms. The molecule has 1 aromatic rings. The Morgan fingerprint density at radius 1 is 1.28 bits per heavy atom. The van der Waals surface area contributed by atoms with Gasteiger partial charge in [-0.2, -0.15) is 0 Å². The quantitative estimate of drug-likeness (QED) is 0.861. The van der Waals surface area contributed by atoms with Gasteiger partial charge in [-0.25, -0.2) is 4.79 Å². The minimum absolute atomic E-state index is 0.0289. The number of nitrogens with one attached hydrogen (secondary N) is 2. The number of morpholine rings is 1. The molecule has 0 unspecified atom stereocenters. The second-order valence-corrected chi connectivity index (χ2v) is 7.56. The van der Waals surface area contributed by atoms with Crippen molar-refractivity contribution in [1.29, 1.82) is 0 Å². The Morgan fingerprint density at radius 2 is 2.00 bits per heavy atom. The molecule has 0 radical (unpaired) electrons. The Labute approximate surface area is 152 Å². The lowest BCUT2D eigenvalue weighted by atomic mass is 9.99. The van der Waals surface area contributed by atoms with Gasteiger partial charge in [-0.3, -0.25) is 4.79 Å². The first-order valence-corrected chi connectivity index (χ1v) is 9.05. The lowest BCUT2D eigenvalue weighted by Crippen LogP contribution is -2.49. The summed E-state index contributed by atoms with van der Waals surface area (Å²) in [4.78, 5) is 26.6. The van der Waals surface area contributed by atoms with Crippen molar-refractivity contribution in [3.05, 3.63) is 29.3 Å². The molecule has 2 N–H and O–H groups in total. The predicted molar refractivity (Wildman–Crippen MR) is 96.7 cm³/mol. The van der Waals surface area contributed by atoms with Gasteiger partial charge in [-0.1, -0.05) is 25.4 Å². The van der Waals surface area contributed by atoms with Crippen LogP contribution < -0.4 is 10.6 Å². The molecule has 0 aromatic heterocycles. The van der Waals surface area contributed by atoms with Crippen LogP contribution in [0.5, 0.6) is 0 Å². The number of nitrogens with zero attached hydrogens (tertiary/aromatic N) is 1. The third kappa shape index (κ3) is 4.44. The molecule has 6 nitrogen and oxygen atoms in total. The van der Waals surface area contributed by atoms with Crippen LogP contribution in [0.25, 0.3) is 0 Å². The molecule has 2 aliphatic rings. The van der Waals surface area contributed by atoms with Gasteiger partial charge in [-0.15, -0.1) is 0 Å². The number of halogens is 1. The molecule has 2 bridgehead atoms. The number of rotatable bonds is 4. The van der Waals surface area contributed by atoms with E-state index < -0.39 is 0 Å². The van der Waals surface area contributed by atoms with Gasteiger partial charge in [0.05, 0.1) is 18.1 Å². The van der Waals surface area contributed by atoms with Gasteiger partial charge >= 0.3 is 6.03 Å². The molecule has 7 heteroatoms. The zero-order valence-corrected chi connectivity index (χ0v) is 15.3. The van der Waals surface area contributed by atoms with Crippen LogP contribution in [0.1, 0.15) is 20.3 Å². The maximum absolute atomic E-state index is 12.5. The average Bonchev–Trinajstić information content (AvgIpc) is 2.88. The van der Waals surface area contributed by atoms with Crippen LogP contribution in [-0.4, -0.2) is 48.7 Å². The number of ether oxygens (including phenoxy) is 1. The van der Waals surface area contributed by atoms with E-state index in [0.717, 1.165) is 0 Å². The van der Waals surface area contributed by atoms with E-state index in [-0.39, 0.29) is 30.1 Å². The van der Waals surface area contributed by atoms with Gasteiger partial charge in [0, 0.05) is 30.3 Å². The van der Waals surface area contributed by atoms with E-state index in [1.54, 1.807) is 29.2 Å². The molecule has 2 saturated heterocycles. The monoisotopic (exact) mass is 365 g/mol. The number of carbonyl (C=O) groups is 2. The number of hydrogen-bond donors (Lipinski definition) is 2. The summed E-state index contributed by atoms with van der Waals surface area (Å²) in [7, 11) is 0. The number of carbonyl (C=O) groups excluding carboxylic acids is 2. The number of fused-ring (bicyclic) bond motifs is 2. The number of amides is 3. The highest BCUT2D eigenvalue weighted by Gasteiger charge is 2.45. The first-order valence-electron chi connectivity index (χ1n) is 8.67. The molecular weight excluding hydrogens is 342 g/mol. The molecule has 3 rings (SSSR count). The maximum Gasteiger partial charge on any atom is 0.322 e. The Kier molecular flexibility index (Phi) is 5.49. The number of likely N-dealkylation sites (tertiary alicyclic amines) is 1. The van der Waals surface area contributed by atoms with Crippen molar-refractivity contribution in [3.8, 4) is 0 Å². The fourth-order valence-corrected chi connectivity index (χ4v) is 3.40. The molecule has 2 heterocycles. The highest BCUT2D eigenvalue weighted by molar-refractivity contribution is 6.30. The minimum atomic E-state index is -0.234. The predicted octanol–water partition coefficient (Wildman–Crippen LogP) is 2.73. The zero-order chi connectivity index (χ0) is 18.0. The van der Waals surface area contributed by atoms with Crippen molar-refractivity contribution in [2.75, 3.05) is 25.0 Å². The third-order valence-electron chi connectivity index (χ3n) is 4.56. The van der Waals surface area contributed by atoms with E-state index >= 15 is 0 Å². The van der Waals surface area contributed by atoms with E-state index in [0.29, 0.717) is 42.7 Å². The summed E-state index contributed by atoms with van der Waals surface area (Å²) in [6, 6.07) is 6.81. The van der Waals surface area contributed by atoms with Crippen molar-refractivity contribution in [3.63, 3.8) is 0 Å². The summed E-state index contributed by atoms with van der Waals surface area (Å²) in [5, 5.41) is 6.46. The Hall–Kier alpha value is -1.79. The van der Waals surface area contributed by atoms with Gasteiger partial charge < -0.3 is 20.3 Å². The van der Waals surface area contributed by atoms with Crippen LogP contribution >= 0.6 is 11.6 Å². The molecule has 2 aliphatic heterocycles. The first kappa shape index (κ1) is 18.0. The molecule has 0 aliphatic carbocycles. The fourth-order valence-electron chi connectivity index (χ4n) is 3.27. The minimum Gasteiger partial charge on any atom is -0.370 e. The maximum atomic E-state index is 12.5. The highest BCUT2D eigenvalue weighted by atomic mass is 35.5. The Morgan fingerprint density at radius 3 is 2.68 bits per heavy atom. The van der Waals surface area contributed by atoms with E-state index in [1.807, 2.05) is 0 Å². The average molecular weight is 366 g/mol. The number of hydrogen-bond acceptors (Lipinski definition) is 3. The van der Waals surface area contributed by atoms with Crippen LogP contribution in [-0.2, 0) is 9.53 Å². The van der Waals surface area contributed by atoms with E-state index in [2.05, 4.69) is 24.5 Å². The molecule has 3 amide bonds. The zero-order valence-electron chi connectivity index (χ0n) is 14.5. The van der Waals surface area contributed by atoms with Crippen LogP contribution in [0.4, 0.5) is 10.5 Å². The lowest BCUT2D eigenvalue weighted by Gasteiger charge is -2.32. The number of anilines is 1. The molecule has 2 fully saturated rings. The normalized spacial score (nSPS) is 25.1. The van der Waals surface area contributed by atoms with Gasteiger partial charge in [0.25, 0.3) is 0 Å². The van der Waals surface area contributed by atoms with Crippen LogP contribution in [0.3, 0.4) is 0 Å². The Bertz CT molecular complexity index is 635. The SMILES string of the molecule is CC(C)CNC(=O)[C@H]1C[C@@H]2CN(C(=O)Nc3ccc(Cl)cc3)C[C@H]1O2. The van der Waals surface area contributed by atoms with E-state index in [1.165, 1.54) is 0 Å². The summed E-state index contributed by atoms with van der Waals surface area (Å²) >= 11 is 5.86. The third-order valence-corrected chi connectivity index (χ3v) is 4.81. The molecular formula is C18H24ClN3O3. The summed E-state index contributed by atoms with van der Waals surface area (Å²) < 4.78 is 5.88. The second kappa shape index (κ2) is 7.62. The Balaban J connectivity index is 1.57. The van der Waals surface area contributed by atoms with Gasteiger partial charge in [0.15, 0.2) is 0 Å². The van der Waals surface area contributed by atoms with E-state index in [4.69, 9.17) is 16.3 Å². The van der Waals surface area contributed by atoms with Crippen molar-refractivity contribution < 1.29 is 14.3 Å². The van der Waals surface area contributed by atoms with Crippen LogP contribution in [0.15, 0.2) is 24.3 Å². The largest absolute Gasteiger partial charge is 0.370 e. The van der Waals surface area contributed by atoms with Gasteiger partial charge in [0.2, 0.25) is 5.91 Å². The highest BCUT2D eigenvalue weighted by Crippen LogP contribution is 2.32. The van der Waals surface area contributed by atoms with Gasteiger partial charge in [0.1, 0.15) is 0 Å². The summed E-state index contributed by atoms with van der Waals surface area (Å²) in [6.45, 7) is 5.71. The topological polar surface area (TPSA) is 70.7 Å². The van der Waals surface area contributed by atoms with Crippen molar-refractivity contribution in [2.45, 2.75) is 32.5 Å². The smallest absolute Gasteiger partial charge is 0.322 e.